The van der Waals surface area contributed by atoms with Gasteiger partial charge in [0.15, 0.2) is 5.65 Å². The molecule has 1 saturated heterocycles. The number of likely N-dealkylation sites (tertiary alicyclic amines) is 1. The monoisotopic (exact) mass is 474 g/mol. The van der Waals surface area contributed by atoms with Crippen LogP contribution in [0.4, 0.5) is 16.0 Å². The van der Waals surface area contributed by atoms with E-state index in [9.17, 15) is 9.28 Å². The van der Waals surface area contributed by atoms with Gasteiger partial charge in [-0.2, -0.15) is 9.61 Å². The Bertz CT molecular complexity index is 1470. The van der Waals surface area contributed by atoms with Crippen molar-refractivity contribution in [2.75, 3.05) is 24.4 Å². The van der Waals surface area contributed by atoms with Crippen LogP contribution >= 0.6 is 0 Å². The highest BCUT2D eigenvalue weighted by Crippen LogP contribution is 2.28. The number of halogens is 1. The smallest absolute Gasteiger partial charge is 0.219 e. The molecular weight excluding hydrogens is 447 g/mol. The zero-order valence-corrected chi connectivity index (χ0v) is 19.6. The van der Waals surface area contributed by atoms with Gasteiger partial charge >= 0.3 is 0 Å². The minimum atomic E-state index is 0.107. The Morgan fingerprint density at radius 2 is 1.94 bits per heavy atom. The SMILES string of the molecule is CC(=O)N1CCC(n2cnc3c(-c4cnc5ccc(NF)cc5c4)cnn3c(N)cc(C)c2)CC1. The summed E-state index contributed by atoms with van der Waals surface area (Å²) in [6.07, 6.45) is 8.99. The van der Waals surface area contributed by atoms with Crippen molar-refractivity contribution in [1.29, 1.82) is 0 Å². The van der Waals surface area contributed by atoms with E-state index in [1.807, 2.05) is 30.2 Å². The summed E-state index contributed by atoms with van der Waals surface area (Å²) in [5.41, 5.74) is 12.3. The fourth-order valence-corrected chi connectivity index (χ4v) is 4.60. The molecule has 1 aliphatic heterocycles. The van der Waals surface area contributed by atoms with E-state index in [1.54, 1.807) is 53.9 Å². The zero-order chi connectivity index (χ0) is 24.5. The number of aromatic nitrogens is 5. The Morgan fingerprint density at radius 3 is 2.69 bits per heavy atom. The molecule has 10 heteroatoms. The summed E-state index contributed by atoms with van der Waals surface area (Å²) >= 11 is 0. The molecular formula is C25H27FN8O. The number of benzene rings is 1. The average molecular weight is 475 g/mol. The van der Waals surface area contributed by atoms with Gasteiger partial charge < -0.3 is 15.2 Å². The van der Waals surface area contributed by atoms with Crippen LogP contribution in [-0.2, 0) is 4.79 Å². The fourth-order valence-electron chi connectivity index (χ4n) is 4.60. The number of rotatable bonds is 3. The molecule has 180 valence electrons. The van der Waals surface area contributed by atoms with Gasteiger partial charge in [0.1, 0.15) is 5.82 Å². The van der Waals surface area contributed by atoms with E-state index in [-0.39, 0.29) is 11.9 Å². The number of pyridine rings is 1. The third-order valence-electron chi connectivity index (χ3n) is 6.46. The Hall–Kier alpha value is -4.21. The van der Waals surface area contributed by atoms with E-state index in [0.717, 1.165) is 53.5 Å². The second-order valence-corrected chi connectivity index (χ2v) is 8.89. The molecule has 9 nitrogen and oxygen atoms in total. The highest BCUT2D eigenvalue weighted by Gasteiger charge is 2.21. The molecule has 0 saturated carbocycles. The van der Waals surface area contributed by atoms with E-state index in [0.29, 0.717) is 17.2 Å². The first-order valence-electron chi connectivity index (χ1n) is 11.5. The van der Waals surface area contributed by atoms with Crippen LogP contribution in [0.1, 0.15) is 31.4 Å². The summed E-state index contributed by atoms with van der Waals surface area (Å²) in [4.78, 5) is 22.9. The lowest BCUT2D eigenvalue weighted by Crippen LogP contribution is -2.37. The second kappa shape index (κ2) is 9.21. The summed E-state index contributed by atoms with van der Waals surface area (Å²) in [5, 5.41) is 5.28. The van der Waals surface area contributed by atoms with Crippen LogP contribution in [0.25, 0.3) is 27.7 Å². The van der Waals surface area contributed by atoms with Gasteiger partial charge in [-0.15, -0.1) is 4.48 Å². The van der Waals surface area contributed by atoms with Crippen LogP contribution in [0.3, 0.4) is 0 Å². The van der Waals surface area contributed by atoms with Crippen LogP contribution in [0.2, 0.25) is 0 Å². The van der Waals surface area contributed by atoms with E-state index in [4.69, 9.17) is 10.7 Å². The third kappa shape index (κ3) is 4.46. The number of carbonyl (C=O) groups excluding carboxylic acids is 1. The van der Waals surface area contributed by atoms with Crippen molar-refractivity contribution in [2.45, 2.75) is 32.7 Å². The van der Waals surface area contributed by atoms with Gasteiger partial charge in [0.2, 0.25) is 5.91 Å². The number of fused-ring (bicyclic) bond motifs is 2. The summed E-state index contributed by atoms with van der Waals surface area (Å²) in [5.74, 6) is 0.555. The normalized spacial score (nSPS) is 14.3. The van der Waals surface area contributed by atoms with Gasteiger partial charge in [-0.05, 0) is 55.7 Å². The number of anilines is 2. The molecule has 3 aromatic heterocycles. The lowest BCUT2D eigenvalue weighted by Gasteiger charge is -2.32. The molecule has 1 aromatic carbocycles. The molecule has 1 fully saturated rings. The van der Waals surface area contributed by atoms with Gasteiger partial charge in [-0.3, -0.25) is 9.78 Å². The lowest BCUT2D eigenvalue weighted by molar-refractivity contribution is -0.130. The molecule has 0 spiro atoms. The van der Waals surface area contributed by atoms with E-state index >= 15 is 0 Å². The van der Waals surface area contributed by atoms with E-state index in [1.165, 1.54) is 0 Å². The number of amides is 1. The van der Waals surface area contributed by atoms with Gasteiger partial charge in [0.05, 0.1) is 23.7 Å². The molecule has 1 amide bonds. The molecule has 0 bridgehead atoms. The number of hydrogen-bond donors (Lipinski definition) is 2. The quantitative estimate of drug-likeness (QED) is 0.430. The topological polar surface area (TPSA) is 106 Å². The fraction of sp³-hybridized carbons (Fsp3) is 0.280. The van der Waals surface area contributed by atoms with Crippen molar-refractivity contribution in [2.24, 2.45) is 0 Å². The highest BCUT2D eigenvalue weighted by molar-refractivity contribution is 5.88. The molecule has 0 unspecified atom stereocenters. The van der Waals surface area contributed by atoms with Crippen molar-refractivity contribution < 1.29 is 9.28 Å². The average Bonchev–Trinajstić information content (AvgIpc) is 3.31. The number of carbonyl (C=O) groups is 1. The van der Waals surface area contributed by atoms with Crippen LogP contribution < -0.4 is 11.3 Å². The van der Waals surface area contributed by atoms with Crippen LogP contribution in [0.15, 0.2) is 55.2 Å². The number of piperidine rings is 1. The van der Waals surface area contributed by atoms with Crippen LogP contribution in [0.5, 0.6) is 0 Å². The minimum Gasteiger partial charge on any atom is -0.384 e. The predicted octanol–water partition coefficient (Wildman–Crippen LogP) is 4.24. The van der Waals surface area contributed by atoms with Crippen molar-refractivity contribution in [3.05, 3.63) is 60.8 Å². The summed E-state index contributed by atoms with van der Waals surface area (Å²) in [6, 6.07) is 9.10. The third-order valence-corrected chi connectivity index (χ3v) is 6.46. The Morgan fingerprint density at radius 1 is 1.14 bits per heavy atom. The van der Waals surface area contributed by atoms with Crippen LogP contribution in [-0.4, -0.2) is 48.0 Å². The first kappa shape index (κ1) is 22.6. The maximum atomic E-state index is 12.9. The maximum absolute atomic E-state index is 12.9. The molecule has 35 heavy (non-hydrogen) atoms. The number of nitrogens with one attached hydrogen (secondary N) is 1. The Labute approximate surface area is 201 Å². The molecule has 1 aliphatic rings. The van der Waals surface area contributed by atoms with E-state index in [2.05, 4.69) is 14.6 Å². The summed E-state index contributed by atoms with van der Waals surface area (Å²) < 4.78 is 16.7. The van der Waals surface area contributed by atoms with E-state index < -0.39 is 0 Å². The largest absolute Gasteiger partial charge is 0.384 e. The molecule has 3 N–H and O–H groups in total. The molecule has 4 heterocycles. The number of hydrogen-bond acceptors (Lipinski definition) is 6. The number of nitrogens with zero attached hydrogens (tertiary/aromatic N) is 6. The molecule has 0 aliphatic carbocycles. The number of nitrogens with two attached hydrogens (primary N) is 1. The maximum Gasteiger partial charge on any atom is 0.219 e. The van der Waals surface area contributed by atoms with Crippen molar-refractivity contribution in [1.82, 2.24) is 29.0 Å². The zero-order valence-electron chi connectivity index (χ0n) is 19.6. The van der Waals surface area contributed by atoms with Gasteiger partial charge in [-0.1, -0.05) is 0 Å². The lowest BCUT2D eigenvalue weighted by atomic mass is 10.0. The molecule has 0 radical (unpaired) electrons. The van der Waals surface area contributed by atoms with Gasteiger partial charge in [0, 0.05) is 55.0 Å². The van der Waals surface area contributed by atoms with Gasteiger partial charge in [-0.25, -0.2) is 10.5 Å². The molecule has 5 rings (SSSR count). The Kier molecular flexibility index (Phi) is 5.94. The highest BCUT2D eigenvalue weighted by atomic mass is 19.2. The predicted molar refractivity (Wildman–Crippen MR) is 134 cm³/mol. The minimum absolute atomic E-state index is 0.107. The van der Waals surface area contributed by atoms with Crippen molar-refractivity contribution in [3.8, 4) is 11.1 Å². The number of aryl methyl sites for hydroxylation is 1. The standard InChI is InChI=1S/C25H27FN8O/c1-16-9-24(27)34-25(29-15-33(14-16)21-5-7-32(8-6-21)17(2)35)22(13-30-34)19-10-18-11-20(31-26)3-4-23(18)28-12-19/h3-4,9-15,21,31H,5-8,27H2,1-2H3. The Balaban J connectivity index is 1.62. The number of nitrogen functional groups attached to an aromatic ring is 1. The first-order valence-corrected chi connectivity index (χ1v) is 11.5. The van der Waals surface area contributed by atoms with Gasteiger partial charge in [0.25, 0.3) is 0 Å². The molecule has 4 aromatic rings. The van der Waals surface area contributed by atoms with Crippen molar-refractivity contribution >= 4 is 34.0 Å². The van der Waals surface area contributed by atoms with Crippen LogP contribution in [0, 0.1) is 6.92 Å². The van der Waals surface area contributed by atoms with Crippen molar-refractivity contribution in [3.63, 3.8) is 0 Å². The molecule has 0 atom stereocenters. The summed E-state index contributed by atoms with van der Waals surface area (Å²) in [6.45, 7) is 5.03. The first-order chi connectivity index (χ1) is 16.9. The summed E-state index contributed by atoms with van der Waals surface area (Å²) in [7, 11) is 0. The second-order valence-electron chi connectivity index (χ2n) is 8.89.